The van der Waals surface area contributed by atoms with Crippen LogP contribution >= 0.6 is 0 Å². The van der Waals surface area contributed by atoms with Crippen molar-refractivity contribution in [2.45, 2.75) is 51.0 Å². The van der Waals surface area contributed by atoms with Crippen LogP contribution in [0, 0.1) is 0 Å². The summed E-state index contributed by atoms with van der Waals surface area (Å²) in [5.74, 6) is -0.0554. The summed E-state index contributed by atoms with van der Waals surface area (Å²) >= 11 is 0. The Balaban J connectivity index is 2.10. The van der Waals surface area contributed by atoms with Crippen LogP contribution in [0.4, 0.5) is 0 Å². The number of nitrogens with zero attached hydrogens (tertiary/aromatic N) is 2. The molecule has 1 heterocycles. The van der Waals surface area contributed by atoms with Crippen LogP contribution in [0.15, 0.2) is 29.4 Å². The number of rotatable bonds is 5. The standard InChI is InChI=1S/C16H24N2O3S/c1-22(20,21)13-7-11-16(19)18-12-6-5-10-15(18)17-14-8-3-2-4-9-14/h5-6,10,12,14H,2-4,7-9,11,13H2,1H3. The predicted molar refractivity (Wildman–Crippen MR) is 86.4 cm³/mol. The zero-order valence-electron chi connectivity index (χ0n) is 13.1. The molecule has 0 amide bonds. The third-order valence-electron chi connectivity index (χ3n) is 3.90. The summed E-state index contributed by atoms with van der Waals surface area (Å²) in [6.45, 7) is 0. The highest BCUT2D eigenvalue weighted by Crippen LogP contribution is 2.19. The fraction of sp³-hybridized carbons (Fsp3) is 0.625. The Bertz CT molecular complexity index is 671. The first-order chi connectivity index (χ1) is 10.5. The lowest BCUT2D eigenvalue weighted by molar-refractivity contribution is 0.0896. The molecule has 0 aliphatic heterocycles. The molecule has 1 aromatic rings. The van der Waals surface area contributed by atoms with E-state index in [0.29, 0.717) is 18.0 Å². The van der Waals surface area contributed by atoms with Gasteiger partial charge in [0.05, 0.1) is 11.8 Å². The maximum absolute atomic E-state index is 12.3. The number of hydrogen-bond acceptors (Lipinski definition) is 4. The van der Waals surface area contributed by atoms with Gasteiger partial charge in [-0.25, -0.2) is 8.42 Å². The molecule has 1 aliphatic carbocycles. The van der Waals surface area contributed by atoms with Crippen LogP contribution in [0.25, 0.3) is 0 Å². The third-order valence-corrected chi connectivity index (χ3v) is 4.93. The molecule has 0 atom stereocenters. The number of pyridine rings is 1. The van der Waals surface area contributed by atoms with Gasteiger partial charge in [-0.1, -0.05) is 25.3 Å². The highest BCUT2D eigenvalue weighted by molar-refractivity contribution is 7.90. The minimum absolute atomic E-state index is 0.0429. The molecule has 0 N–H and O–H groups in total. The molecule has 0 saturated heterocycles. The van der Waals surface area contributed by atoms with E-state index in [4.69, 9.17) is 4.99 Å². The summed E-state index contributed by atoms with van der Waals surface area (Å²) < 4.78 is 23.8. The summed E-state index contributed by atoms with van der Waals surface area (Å²) in [4.78, 5) is 17.0. The molecule has 6 heteroatoms. The van der Waals surface area contributed by atoms with Gasteiger partial charge in [0.1, 0.15) is 15.3 Å². The second-order valence-corrected chi connectivity index (χ2v) is 8.24. The number of sulfone groups is 1. The topological polar surface area (TPSA) is 68.5 Å². The van der Waals surface area contributed by atoms with Gasteiger partial charge in [-0.05, 0) is 31.4 Å². The Kier molecular flexibility index (Phi) is 5.94. The maximum Gasteiger partial charge on any atom is 0.232 e. The van der Waals surface area contributed by atoms with E-state index in [1.165, 1.54) is 25.5 Å². The summed E-state index contributed by atoms with van der Waals surface area (Å²) in [5.41, 5.74) is 0.679. The van der Waals surface area contributed by atoms with E-state index in [9.17, 15) is 13.2 Å². The summed E-state index contributed by atoms with van der Waals surface area (Å²) in [6, 6.07) is 5.82. The van der Waals surface area contributed by atoms with Crippen molar-refractivity contribution in [2.75, 3.05) is 12.0 Å². The fourth-order valence-corrected chi connectivity index (χ4v) is 3.42. The van der Waals surface area contributed by atoms with Gasteiger partial charge in [0.2, 0.25) is 5.91 Å². The molecule has 1 saturated carbocycles. The van der Waals surface area contributed by atoms with Gasteiger partial charge in [-0.15, -0.1) is 0 Å². The van der Waals surface area contributed by atoms with Crippen molar-refractivity contribution < 1.29 is 13.2 Å². The minimum Gasteiger partial charge on any atom is -0.274 e. The zero-order valence-corrected chi connectivity index (χ0v) is 13.9. The van der Waals surface area contributed by atoms with E-state index in [2.05, 4.69) is 0 Å². The van der Waals surface area contributed by atoms with Crippen LogP contribution in [-0.2, 0) is 9.84 Å². The lowest BCUT2D eigenvalue weighted by Crippen LogP contribution is -2.29. The number of hydrogen-bond donors (Lipinski definition) is 0. The third kappa shape index (κ3) is 5.40. The largest absolute Gasteiger partial charge is 0.274 e. The molecule has 0 bridgehead atoms. The van der Waals surface area contributed by atoms with E-state index in [-0.39, 0.29) is 18.1 Å². The highest BCUT2D eigenvalue weighted by atomic mass is 32.2. The molecule has 2 rings (SSSR count). The maximum atomic E-state index is 12.3. The van der Waals surface area contributed by atoms with Crippen LogP contribution in [0.1, 0.15) is 49.7 Å². The average Bonchev–Trinajstić information content (AvgIpc) is 2.47. The van der Waals surface area contributed by atoms with Crippen LogP contribution in [-0.4, -0.2) is 36.9 Å². The van der Waals surface area contributed by atoms with Gasteiger partial charge < -0.3 is 0 Å². The van der Waals surface area contributed by atoms with E-state index in [1.54, 1.807) is 16.8 Å². The second-order valence-electron chi connectivity index (χ2n) is 5.98. The average molecular weight is 324 g/mol. The Labute approximate surface area is 132 Å². The van der Waals surface area contributed by atoms with Crippen molar-refractivity contribution in [2.24, 2.45) is 4.99 Å². The molecular formula is C16H24N2O3S. The second kappa shape index (κ2) is 7.72. The molecule has 22 heavy (non-hydrogen) atoms. The van der Waals surface area contributed by atoms with Crippen LogP contribution in [0.3, 0.4) is 0 Å². The van der Waals surface area contributed by atoms with Crippen molar-refractivity contribution in [1.82, 2.24) is 4.57 Å². The molecule has 0 unspecified atom stereocenters. The molecule has 1 aromatic heterocycles. The lowest BCUT2D eigenvalue weighted by Gasteiger charge is -2.17. The minimum atomic E-state index is -3.02. The van der Waals surface area contributed by atoms with Crippen LogP contribution < -0.4 is 5.49 Å². The van der Waals surface area contributed by atoms with Gasteiger partial charge in [0, 0.05) is 18.9 Å². The first-order valence-electron chi connectivity index (χ1n) is 7.88. The smallest absolute Gasteiger partial charge is 0.232 e. The van der Waals surface area contributed by atoms with Crippen molar-refractivity contribution in [3.63, 3.8) is 0 Å². The Morgan fingerprint density at radius 3 is 2.68 bits per heavy atom. The quantitative estimate of drug-likeness (QED) is 0.833. The van der Waals surface area contributed by atoms with Crippen LogP contribution in [0.5, 0.6) is 0 Å². The monoisotopic (exact) mass is 324 g/mol. The molecule has 5 nitrogen and oxygen atoms in total. The number of carbonyl (C=O) groups is 1. The van der Waals surface area contributed by atoms with Gasteiger partial charge in [0.25, 0.3) is 0 Å². The summed E-state index contributed by atoms with van der Waals surface area (Å²) in [5, 5.41) is 0. The predicted octanol–water partition coefficient (Wildman–Crippen LogP) is 2.19. The number of carbonyl (C=O) groups excluding carboxylic acids is 1. The SMILES string of the molecule is CS(=O)(=O)CCCC(=O)n1ccccc1=NC1CCCCC1. The van der Waals surface area contributed by atoms with Crippen LogP contribution in [0.2, 0.25) is 0 Å². The first kappa shape index (κ1) is 16.9. The molecule has 122 valence electrons. The van der Waals surface area contributed by atoms with Crippen molar-refractivity contribution in [1.29, 1.82) is 0 Å². The van der Waals surface area contributed by atoms with Crippen molar-refractivity contribution in [3.8, 4) is 0 Å². The first-order valence-corrected chi connectivity index (χ1v) is 9.94. The van der Waals surface area contributed by atoms with E-state index < -0.39 is 9.84 Å². The van der Waals surface area contributed by atoms with Crippen molar-refractivity contribution >= 4 is 15.7 Å². The highest BCUT2D eigenvalue weighted by Gasteiger charge is 2.13. The Morgan fingerprint density at radius 1 is 1.27 bits per heavy atom. The van der Waals surface area contributed by atoms with Crippen molar-refractivity contribution in [3.05, 3.63) is 29.9 Å². The molecule has 1 aliphatic rings. The normalized spacial score (nSPS) is 17.6. The molecule has 0 aromatic carbocycles. The summed E-state index contributed by atoms with van der Waals surface area (Å²) in [6.07, 6.45) is 9.30. The number of aromatic nitrogens is 1. The lowest BCUT2D eigenvalue weighted by atomic mass is 9.96. The molecule has 0 radical (unpaired) electrons. The Morgan fingerprint density at radius 2 is 2.00 bits per heavy atom. The van der Waals surface area contributed by atoms with E-state index >= 15 is 0 Å². The zero-order chi connectivity index (χ0) is 16.0. The van der Waals surface area contributed by atoms with Gasteiger partial charge in [-0.3, -0.25) is 14.4 Å². The van der Waals surface area contributed by atoms with Gasteiger partial charge in [0.15, 0.2) is 0 Å². The molecule has 1 fully saturated rings. The van der Waals surface area contributed by atoms with E-state index in [1.807, 2.05) is 12.1 Å². The molecular weight excluding hydrogens is 300 g/mol. The fourth-order valence-electron chi connectivity index (χ4n) is 2.75. The van der Waals surface area contributed by atoms with Gasteiger partial charge >= 0.3 is 0 Å². The summed E-state index contributed by atoms with van der Waals surface area (Å²) in [7, 11) is -3.02. The van der Waals surface area contributed by atoms with E-state index in [0.717, 1.165) is 12.8 Å². The Hall–Kier alpha value is -1.43. The molecule has 0 spiro atoms. The van der Waals surface area contributed by atoms with Gasteiger partial charge in [-0.2, -0.15) is 0 Å².